The van der Waals surface area contributed by atoms with E-state index in [1.807, 2.05) is 12.1 Å². The van der Waals surface area contributed by atoms with Gasteiger partial charge in [0.15, 0.2) is 5.96 Å². The number of guanidine groups is 1. The molecular weight excluding hydrogens is 384 g/mol. The average molecular weight is 407 g/mol. The van der Waals surface area contributed by atoms with Crippen LogP contribution in [-0.2, 0) is 10.2 Å². The third-order valence-electron chi connectivity index (χ3n) is 3.72. The van der Waals surface area contributed by atoms with Crippen molar-refractivity contribution in [3.05, 3.63) is 35.6 Å². The minimum absolute atomic E-state index is 0. The lowest BCUT2D eigenvalue weighted by Gasteiger charge is -2.19. The normalized spacial score (nSPS) is 16.0. The topological polar surface area (TPSA) is 45.7 Å². The summed E-state index contributed by atoms with van der Waals surface area (Å²) >= 11 is 0. The van der Waals surface area contributed by atoms with Gasteiger partial charge in [0, 0.05) is 32.7 Å². The fourth-order valence-corrected chi connectivity index (χ4v) is 2.33. The Bertz CT molecular complexity index is 478. The summed E-state index contributed by atoms with van der Waals surface area (Å²) in [5.74, 6) is 0.610. The van der Waals surface area contributed by atoms with Crippen molar-refractivity contribution in [1.82, 2.24) is 10.6 Å². The molecule has 0 bridgehead atoms. The fourth-order valence-electron chi connectivity index (χ4n) is 2.33. The monoisotopic (exact) mass is 407 g/mol. The van der Waals surface area contributed by atoms with Gasteiger partial charge in [0.1, 0.15) is 5.82 Å². The average Bonchev–Trinajstić information content (AvgIpc) is 3.24. The lowest BCUT2D eigenvalue weighted by molar-refractivity contribution is 0.203. The van der Waals surface area contributed by atoms with E-state index in [-0.39, 0.29) is 35.2 Å². The Hall–Kier alpha value is -0.890. The van der Waals surface area contributed by atoms with E-state index in [2.05, 4.69) is 15.6 Å². The second-order valence-corrected chi connectivity index (χ2v) is 5.11. The molecule has 0 radical (unpaired) electrons. The van der Waals surface area contributed by atoms with Gasteiger partial charge in [-0.3, -0.25) is 4.99 Å². The van der Waals surface area contributed by atoms with Crippen LogP contribution in [0.15, 0.2) is 29.3 Å². The maximum absolute atomic E-state index is 13.9. The molecule has 1 saturated carbocycles. The first-order chi connectivity index (χ1) is 9.72. The predicted molar refractivity (Wildman–Crippen MR) is 94.0 cm³/mol. The first kappa shape index (κ1) is 18.2. The molecule has 1 aromatic carbocycles. The fraction of sp³-hybridized carbons (Fsp3) is 0.533. The van der Waals surface area contributed by atoms with Gasteiger partial charge in [-0.15, -0.1) is 24.0 Å². The van der Waals surface area contributed by atoms with E-state index in [1.165, 1.54) is 6.07 Å². The Balaban J connectivity index is 0.00000220. The molecule has 0 aliphatic heterocycles. The Kier molecular flexibility index (Phi) is 7.37. The van der Waals surface area contributed by atoms with Crippen LogP contribution in [0.2, 0.25) is 0 Å². The van der Waals surface area contributed by atoms with E-state index >= 15 is 0 Å². The van der Waals surface area contributed by atoms with Crippen LogP contribution in [0.5, 0.6) is 0 Å². The van der Waals surface area contributed by atoms with Gasteiger partial charge >= 0.3 is 0 Å². The molecule has 0 atom stereocenters. The molecule has 1 aliphatic rings. The number of nitrogens with one attached hydrogen (secondary N) is 2. The number of halogens is 2. The van der Waals surface area contributed by atoms with Crippen molar-refractivity contribution in [2.24, 2.45) is 4.99 Å². The number of aliphatic imine (C=N–C) groups is 1. The minimum atomic E-state index is -0.117. The second-order valence-electron chi connectivity index (χ2n) is 5.11. The SMILES string of the molecule is CN=C(NCCOC)NCC1(c2ccccc2F)CC1.I. The van der Waals surface area contributed by atoms with Crippen LogP contribution in [0.1, 0.15) is 18.4 Å². The number of benzene rings is 1. The van der Waals surface area contributed by atoms with E-state index < -0.39 is 0 Å². The summed E-state index contributed by atoms with van der Waals surface area (Å²) in [6.45, 7) is 2.02. The quantitative estimate of drug-likeness (QED) is 0.329. The molecule has 2 rings (SSSR count). The standard InChI is InChI=1S/C15H22FN3O.HI/c1-17-14(18-9-10-20-2)19-11-15(7-8-15)12-5-3-4-6-13(12)16;/h3-6H,7-11H2,1-2H3,(H2,17,18,19);1H. The molecule has 21 heavy (non-hydrogen) atoms. The van der Waals surface area contributed by atoms with Crippen molar-refractivity contribution in [2.75, 3.05) is 33.9 Å². The molecule has 1 fully saturated rings. The largest absolute Gasteiger partial charge is 0.383 e. The number of ether oxygens (including phenoxy) is 1. The first-order valence-corrected chi connectivity index (χ1v) is 6.90. The number of methoxy groups -OCH3 is 1. The van der Waals surface area contributed by atoms with Crippen molar-refractivity contribution >= 4 is 29.9 Å². The van der Waals surface area contributed by atoms with Crippen molar-refractivity contribution < 1.29 is 9.13 Å². The van der Waals surface area contributed by atoms with Gasteiger partial charge in [-0.05, 0) is 24.5 Å². The highest BCUT2D eigenvalue weighted by molar-refractivity contribution is 14.0. The highest BCUT2D eigenvalue weighted by Crippen LogP contribution is 2.48. The Morgan fingerprint density at radius 1 is 1.33 bits per heavy atom. The molecule has 0 saturated heterocycles. The molecule has 118 valence electrons. The van der Waals surface area contributed by atoms with Crippen LogP contribution < -0.4 is 10.6 Å². The summed E-state index contributed by atoms with van der Waals surface area (Å²) in [5, 5.41) is 6.43. The number of hydrogen-bond acceptors (Lipinski definition) is 2. The van der Waals surface area contributed by atoms with Crippen LogP contribution in [0.25, 0.3) is 0 Å². The van der Waals surface area contributed by atoms with Crippen LogP contribution in [0.4, 0.5) is 4.39 Å². The molecule has 0 heterocycles. The van der Waals surface area contributed by atoms with Crippen molar-refractivity contribution in [3.8, 4) is 0 Å². The molecule has 4 nitrogen and oxygen atoms in total. The summed E-state index contributed by atoms with van der Waals surface area (Å²) in [5.41, 5.74) is 0.726. The zero-order valence-electron chi connectivity index (χ0n) is 12.5. The summed E-state index contributed by atoms with van der Waals surface area (Å²) in [6, 6.07) is 7.03. The summed E-state index contributed by atoms with van der Waals surface area (Å²) < 4.78 is 18.9. The van der Waals surface area contributed by atoms with Crippen LogP contribution in [0.3, 0.4) is 0 Å². The van der Waals surface area contributed by atoms with Gasteiger partial charge in [-0.25, -0.2) is 4.39 Å². The Labute approximate surface area is 142 Å². The molecule has 6 heteroatoms. The summed E-state index contributed by atoms with van der Waals surface area (Å²) in [7, 11) is 3.39. The van der Waals surface area contributed by atoms with Crippen LogP contribution >= 0.6 is 24.0 Å². The van der Waals surface area contributed by atoms with Crippen molar-refractivity contribution in [2.45, 2.75) is 18.3 Å². The third-order valence-corrected chi connectivity index (χ3v) is 3.72. The smallest absolute Gasteiger partial charge is 0.191 e. The predicted octanol–water partition coefficient (Wildman–Crippen LogP) is 2.29. The summed E-state index contributed by atoms with van der Waals surface area (Å²) in [6.07, 6.45) is 2.02. The van der Waals surface area contributed by atoms with Gasteiger partial charge in [0.05, 0.1) is 6.61 Å². The van der Waals surface area contributed by atoms with E-state index in [4.69, 9.17) is 4.74 Å². The van der Waals surface area contributed by atoms with Crippen LogP contribution in [0, 0.1) is 5.82 Å². The highest BCUT2D eigenvalue weighted by atomic mass is 127. The molecule has 0 spiro atoms. The molecule has 1 aliphatic carbocycles. The zero-order chi connectivity index (χ0) is 14.4. The second kappa shape index (κ2) is 8.53. The van der Waals surface area contributed by atoms with Crippen molar-refractivity contribution in [1.29, 1.82) is 0 Å². The van der Waals surface area contributed by atoms with E-state index in [1.54, 1.807) is 20.2 Å². The van der Waals surface area contributed by atoms with Gasteiger partial charge in [-0.2, -0.15) is 0 Å². The highest BCUT2D eigenvalue weighted by Gasteiger charge is 2.45. The van der Waals surface area contributed by atoms with Crippen molar-refractivity contribution in [3.63, 3.8) is 0 Å². The molecule has 0 amide bonds. The number of hydrogen-bond donors (Lipinski definition) is 2. The molecule has 0 aromatic heterocycles. The number of nitrogens with zero attached hydrogens (tertiary/aromatic N) is 1. The molecule has 1 aromatic rings. The minimum Gasteiger partial charge on any atom is -0.383 e. The summed E-state index contributed by atoms with van der Waals surface area (Å²) in [4.78, 5) is 4.15. The van der Waals surface area contributed by atoms with E-state index in [0.29, 0.717) is 19.7 Å². The maximum Gasteiger partial charge on any atom is 0.191 e. The first-order valence-electron chi connectivity index (χ1n) is 6.90. The Morgan fingerprint density at radius 2 is 2.05 bits per heavy atom. The number of rotatable bonds is 6. The molecule has 2 N–H and O–H groups in total. The molecular formula is C15H23FIN3O. The maximum atomic E-state index is 13.9. The molecule has 0 unspecified atom stereocenters. The third kappa shape index (κ3) is 4.81. The van der Waals surface area contributed by atoms with Crippen LogP contribution in [-0.4, -0.2) is 39.8 Å². The van der Waals surface area contributed by atoms with Gasteiger partial charge < -0.3 is 15.4 Å². The lowest BCUT2D eigenvalue weighted by atomic mass is 9.95. The van der Waals surface area contributed by atoms with E-state index in [9.17, 15) is 4.39 Å². The van der Waals surface area contributed by atoms with Gasteiger partial charge in [0.25, 0.3) is 0 Å². The zero-order valence-corrected chi connectivity index (χ0v) is 14.8. The van der Waals surface area contributed by atoms with Gasteiger partial charge in [0.2, 0.25) is 0 Å². The lowest BCUT2D eigenvalue weighted by Crippen LogP contribution is -2.42. The van der Waals surface area contributed by atoms with Gasteiger partial charge in [-0.1, -0.05) is 18.2 Å². The van der Waals surface area contributed by atoms with E-state index in [0.717, 1.165) is 24.4 Å². The Morgan fingerprint density at radius 3 is 2.62 bits per heavy atom.